The molecule has 150 valence electrons. The van der Waals surface area contributed by atoms with Crippen LogP contribution >= 0.6 is 0 Å². The second kappa shape index (κ2) is 8.67. The van der Waals surface area contributed by atoms with Crippen LogP contribution in [0.15, 0.2) is 36.5 Å². The minimum absolute atomic E-state index is 0.575. The zero-order valence-electron chi connectivity index (χ0n) is 17.0. The molecule has 2 aromatic rings. The molecule has 28 heavy (non-hydrogen) atoms. The van der Waals surface area contributed by atoms with Crippen molar-refractivity contribution in [2.24, 2.45) is 0 Å². The van der Waals surface area contributed by atoms with Crippen molar-refractivity contribution in [2.45, 2.75) is 38.6 Å². The normalized spacial score (nSPS) is 20.4. The van der Waals surface area contributed by atoms with Gasteiger partial charge in [0, 0.05) is 45.0 Å². The van der Waals surface area contributed by atoms with Crippen LogP contribution in [0.2, 0.25) is 0 Å². The van der Waals surface area contributed by atoms with Gasteiger partial charge in [0.1, 0.15) is 11.6 Å². The van der Waals surface area contributed by atoms with Gasteiger partial charge in [-0.1, -0.05) is 19.1 Å². The van der Waals surface area contributed by atoms with Crippen LogP contribution < -0.4 is 19.4 Å². The van der Waals surface area contributed by atoms with Crippen LogP contribution in [0.25, 0.3) is 0 Å². The maximum absolute atomic E-state index is 5.53. The van der Waals surface area contributed by atoms with E-state index in [9.17, 15) is 0 Å². The summed E-state index contributed by atoms with van der Waals surface area (Å²) < 4.78 is 5.53. The molecule has 3 heterocycles. The molecule has 0 amide bonds. The molecule has 2 fully saturated rings. The van der Waals surface area contributed by atoms with Crippen molar-refractivity contribution >= 4 is 17.5 Å². The van der Waals surface area contributed by atoms with Gasteiger partial charge in [0.2, 0.25) is 5.95 Å². The van der Waals surface area contributed by atoms with Crippen molar-refractivity contribution in [2.75, 3.05) is 54.5 Å². The number of hydrogen-bond donors (Lipinski definition) is 0. The lowest BCUT2D eigenvalue weighted by molar-refractivity contribution is 0.413. The van der Waals surface area contributed by atoms with Crippen molar-refractivity contribution < 1.29 is 4.74 Å². The third-order valence-corrected chi connectivity index (χ3v) is 6.01. The van der Waals surface area contributed by atoms with E-state index in [1.54, 1.807) is 7.11 Å². The number of rotatable bonds is 5. The summed E-state index contributed by atoms with van der Waals surface area (Å²) in [6.07, 6.45) is 6.89. The Kier molecular flexibility index (Phi) is 5.84. The highest BCUT2D eigenvalue weighted by Gasteiger charge is 2.25. The smallest absolute Gasteiger partial charge is 0.227 e. The topological polar surface area (TPSA) is 44.7 Å². The summed E-state index contributed by atoms with van der Waals surface area (Å²) >= 11 is 0. The highest BCUT2D eigenvalue weighted by atomic mass is 16.5. The standard InChI is InChI=1S/C22H31N5O/c1-3-18-8-6-7-13-27(18)22-23-12-11-21(24-22)26-16-14-25(15-17-26)19-9-4-5-10-20(19)28-2/h4-5,9-12,18H,3,6-8,13-17H2,1-2H3. The van der Waals surface area contributed by atoms with Gasteiger partial charge < -0.3 is 19.4 Å². The first-order valence-corrected chi connectivity index (χ1v) is 10.5. The van der Waals surface area contributed by atoms with E-state index in [-0.39, 0.29) is 0 Å². The average molecular weight is 382 g/mol. The SMILES string of the molecule is CCC1CCCCN1c1nccc(N2CCN(c3ccccc3OC)CC2)n1. The van der Waals surface area contributed by atoms with Crippen LogP contribution in [0.3, 0.4) is 0 Å². The van der Waals surface area contributed by atoms with E-state index in [1.165, 1.54) is 24.9 Å². The van der Waals surface area contributed by atoms with Gasteiger partial charge in [0.15, 0.2) is 0 Å². The first-order valence-electron chi connectivity index (χ1n) is 10.5. The lowest BCUT2D eigenvalue weighted by atomic mass is 10.0. The molecule has 1 aromatic heterocycles. The van der Waals surface area contributed by atoms with E-state index in [1.807, 2.05) is 24.4 Å². The minimum Gasteiger partial charge on any atom is -0.495 e. The summed E-state index contributed by atoms with van der Waals surface area (Å²) in [5.74, 6) is 2.89. The Morgan fingerprint density at radius 3 is 2.57 bits per heavy atom. The van der Waals surface area contributed by atoms with Gasteiger partial charge in [-0.2, -0.15) is 4.98 Å². The number of hydrogen-bond acceptors (Lipinski definition) is 6. The Hall–Kier alpha value is -2.50. The predicted octanol–water partition coefficient (Wildman–Crippen LogP) is 3.58. The molecule has 2 aliphatic rings. The van der Waals surface area contributed by atoms with Gasteiger partial charge in [-0.15, -0.1) is 0 Å². The Balaban J connectivity index is 1.45. The monoisotopic (exact) mass is 381 g/mol. The Morgan fingerprint density at radius 1 is 1.00 bits per heavy atom. The quantitative estimate of drug-likeness (QED) is 0.789. The van der Waals surface area contributed by atoms with Crippen LogP contribution in [0.1, 0.15) is 32.6 Å². The Morgan fingerprint density at radius 2 is 1.79 bits per heavy atom. The summed E-state index contributed by atoms with van der Waals surface area (Å²) in [6, 6.07) is 10.9. The van der Waals surface area contributed by atoms with Gasteiger partial charge in [0.25, 0.3) is 0 Å². The molecule has 0 bridgehead atoms. The van der Waals surface area contributed by atoms with Crippen molar-refractivity contribution in [3.8, 4) is 5.75 Å². The molecule has 0 aliphatic carbocycles. The Bertz CT molecular complexity index is 775. The second-order valence-corrected chi connectivity index (χ2v) is 7.61. The Labute approximate surface area is 168 Å². The molecule has 0 saturated carbocycles. The number of piperidine rings is 1. The summed E-state index contributed by atoms with van der Waals surface area (Å²) in [5.41, 5.74) is 1.17. The first-order chi connectivity index (χ1) is 13.8. The van der Waals surface area contributed by atoms with Crippen LogP contribution in [-0.2, 0) is 0 Å². The highest BCUT2D eigenvalue weighted by Crippen LogP contribution is 2.29. The van der Waals surface area contributed by atoms with E-state index in [0.29, 0.717) is 6.04 Å². The van der Waals surface area contributed by atoms with E-state index < -0.39 is 0 Å². The van der Waals surface area contributed by atoms with Gasteiger partial charge in [-0.05, 0) is 43.9 Å². The number of ether oxygens (including phenoxy) is 1. The van der Waals surface area contributed by atoms with E-state index >= 15 is 0 Å². The number of piperazine rings is 1. The van der Waals surface area contributed by atoms with Crippen molar-refractivity contribution in [1.82, 2.24) is 9.97 Å². The molecule has 0 radical (unpaired) electrons. The molecule has 1 atom stereocenters. The van der Waals surface area contributed by atoms with Crippen molar-refractivity contribution in [3.63, 3.8) is 0 Å². The van der Waals surface area contributed by atoms with E-state index in [2.05, 4.69) is 38.7 Å². The number of para-hydroxylation sites is 2. The maximum Gasteiger partial charge on any atom is 0.227 e. The summed E-state index contributed by atoms with van der Waals surface area (Å²) in [6.45, 7) is 7.16. The molecule has 1 unspecified atom stereocenters. The number of methoxy groups -OCH3 is 1. The van der Waals surface area contributed by atoms with Gasteiger partial charge in [-0.3, -0.25) is 0 Å². The molecule has 6 nitrogen and oxygen atoms in total. The molecule has 2 saturated heterocycles. The van der Waals surface area contributed by atoms with Crippen LogP contribution in [0, 0.1) is 0 Å². The molecule has 0 spiro atoms. The lowest BCUT2D eigenvalue weighted by Crippen LogP contribution is -2.47. The van der Waals surface area contributed by atoms with Crippen molar-refractivity contribution in [3.05, 3.63) is 36.5 Å². The summed E-state index contributed by atoms with van der Waals surface area (Å²) in [7, 11) is 1.74. The van der Waals surface area contributed by atoms with Crippen LogP contribution in [0.4, 0.5) is 17.5 Å². The molecule has 0 N–H and O–H groups in total. The van der Waals surface area contributed by atoms with Crippen LogP contribution in [-0.4, -0.2) is 55.8 Å². The van der Waals surface area contributed by atoms with Gasteiger partial charge >= 0.3 is 0 Å². The largest absolute Gasteiger partial charge is 0.495 e. The van der Waals surface area contributed by atoms with E-state index in [0.717, 1.165) is 56.7 Å². The zero-order chi connectivity index (χ0) is 19.3. The number of benzene rings is 1. The molecule has 1 aromatic carbocycles. The minimum atomic E-state index is 0.575. The first kappa shape index (κ1) is 18.8. The number of aromatic nitrogens is 2. The molecule has 6 heteroatoms. The van der Waals surface area contributed by atoms with E-state index in [4.69, 9.17) is 9.72 Å². The second-order valence-electron chi connectivity index (χ2n) is 7.61. The lowest BCUT2D eigenvalue weighted by Gasteiger charge is -2.38. The summed E-state index contributed by atoms with van der Waals surface area (Å²) in [5, 5.41) is 0. The fourth-order valence-corrected chi connectivity index (χ4v) is 4.41. The summed E-state index contributed by atoms with van der Waals surface area (Å²) in [4.78, 5) is 16.7. The zero-order valence-corrected chi connectivity index (χ0v) is 17.0. The highest BCUT2D eigenvalue weighted by molar-refractivity contribution is 5.59. The molecule has 2 aliphatic heterocycles. The van der Waals surface area contributed by atoms with Crippen molar-refractivity contribution in [1.29, 1.82) is 0 Å². The third kappa shape index (κ3) is 3.86. The maximum atomic E-state index is 5.53. The third-order valence-electron chi connectivity index (χ3n) is 6.01. The predicted molar refractivity (Wildman–Crippen MR) is 115 cm³/mol. The van der Waals surface area contributed by atoms with Gasteiger partial charge in [0.05, 0.1) is 12.8 Å². The number of anilines is 3. The fourth-order valence-electron chi connectivity index (χ4n) is 4.41. The fraction of sp³-hybridized carbons (Fsp3) is 0.545. The average Bonchev–Trinajstić information content (AvgIpc) is 2.79. The molecule has 4 rings (SSSR count). The number of nitrogens with zero attached hydrogens (tertiary/aromatic N) is 5. The van der Waals surface area contributed by atoms with Gasteiger partial charge in [-0.25, -0.2) is 4.98 Å². The molecular weight excluding hydrogens is 350 g/mol. The van der Waals surface area contributed by atoms with Crippen LogP contribution in [0.5, 0.6) is 5.75 Å². The molecular formula is C22H31N5O.